The van der Waals surface area contributed by atoms with Gasteiger partial charge in [-0.05, 0) is 31.0 Å². The Hall–Kier alpha value is -0.630. The lowest BCUT2D eigenvalue weighted by atomic mass is 9.83. The van der Waals surface area contributed by atoms with Crippen LogP contribution in [0.5, 0.6) is 0 Å². The van der Waals surface area contributed by atoms with E-state index in [1.165, 1.54) is 5.57 Å². The van der Waals surface area contributed by atoms with Crippen LogP contribution in [-0.4, -0.2) is 30.3 Å². The quantitative estimate of drug-likeness (QED) is 0.568. The molecule has 74 valence electrons. The Labute approximate surface area is 80.6 Å². The first-order valence-corrected chi connectivity index (χ1v) is 4.77. The van der Waals surface area contributed by atoms with Gasteiger partial charge in [0.25, 0.3) is 0 Å². The number of likely N-dealkylation sites (N-methyl/N-ethyl adjacent to an activating group) is 1. The molecule has 2 nitrogen and oxygen atoms in total. The van der Waals surface area contributed by atoms with E-state index >= 15 is 0 Å². The van der Waals surface area contributed by atoms with Gasteiger partial charge in [0, 0.05) is 6.54 Å². The van der Waals surface area contributed by atoms with Gasteiger partial charge in [0.2, 0.25) is 0 Å². The zero-order valence-electron chi connectivity index (χ0n) is 9.22. The van der Waals surface area contributed by atoms with Gasteiger partial charge < -0.3 is 0 Å². The van der Waals surface area contributed by atoms with Crippen LogP contribution in [0.1, 0.15) is 27.7 Å². The monoisotopic (exact) mass is 181 g/mol. The summed E-state index contributed by atoms with van der Waals surface area (Å²) in [7, 11) is 2.00. The number of hydrogen-bond donors (Lipinski definition) is 0. The van der Waals surface area contributed by atoms with Crippen molar-refractivity contribution in [3.63, 3.8) is 0 Å². The predicted octanol–water partition coefficient (Wildman–Crippen LogP) is 1.86. The predicted molar refractivity (Wildman–Crippen MR) is 54.6 cm³/mol. The zero-order valence-corrected chi connectivity index (χ0v) is 9.22. The number of nitrogens with zero attached hydrogens (tertiary/aromatic N) is 1. The van der Waals surface area contributed by atoms with E-state index in [1.807, 2.05) is 20.0 Å². The number of hydrogen-bond acceptors (Lipinski definition) is 2. The summed E-state index contributed by atoms with van der Waals surface area (Å²) in [6, 6.07) is 0.0473. The van der Waals surface area contributed by atoms with Gasteiger partial charge in [0.1, 0.15) is 0 Å². The van der Waals surface area contributed by atoms with E-state index in [0.717, 1.165) is 6.54 Å². The molecule has 1 atom stereocenters. The fourth-order valence-electron chi connectivity index (χ4n) is 1.41. The van der Waals surface area contributed by atoms with Crippen molar-refractivity contribution in [2.24, 2.45) is 5.41 Å². The molecule has 2 heteroatoms. The average molecular weight is 181 g/mol. The molecule has 0 bridgehead atoms. The Morgan fingerprint density at radius 1 is 1.46 bits per heavy atom. The lowest BCUT2D eigenvalue weighted by Gasteiger charge is -2.34. The number of ketones is 1. The Bertz CT molecular complexity index is 247. The maximum atomic E-state index is 11.5. The minimum absolute atomic E-state index is 0.0473. The summed E-state index contributed by atoms with van der Waals surface area (Å²) in [6.45, 7) is 9.32. The molecule has 0 aliphatic carbocycles. The van der Waals surface area contributed by atoms with Crippen LogP contribution >= 0.6 is 0 Å². The maximum absolute atomic E-state index is 11.5. The van der Waals surface area contributed by atoms with Crippen molar-refractivity contribution in [3.8, 4) is 0 Å². The van der Waals surface area contributed by atoms with Gasteiger partial charge >= 0.3 is 0 Å². The highest BCUT2D eigenvalue weighted by molar-refractivity contribution is 5.95. The molecule has 1 aliphatic rings. The molecule has 0 radical (unpaired) electrons. The topological polar surface area (TPSA) is 20.3 Å². The largest absolute Gasteiger partial charge is 0.293 e. The molecule has 1 aliphatic heterocycles. The molecule has 0 unspecified atom stereocenters. The highest BCUT2D eigenvalue weighted by atomic mass is 16.1. The van der Waals surface area contributed by atoms with Gasteiger partial charge in [-0.1, -0.05) is 20.8 Å². The van der Waals surface area contributed by atoms with Crippen molar-refractivity contribution in [1.82, 2.24) is 4.90 Å². The standard InChI is InChI=1S/C11H19NO/c1-8-10(13)6-9(7-12(8)5)11(2,3)4/h6,8H,7H2,1-5H3/t8-/m0/s1. The second-order valence-corrected chi connectivity index (χ2v) is 4.91. The molecule has 1 heterocycles. The van der Waals surface area contributed by atoms with Gasteiger partial charge in [0.05, 0.1) is 6.04 Å². The van der Waals surface area contributed by atoms with E-state index in [-0.39, 0.29) is 17.2 Å². The minimum atomic E-state index is 0.0473. The van der Waals surface area contributed by atoms with Crippen LogP contribution in [0.15, 0.2) is 11.6 Å². The van der Waals surface area contributed by atoms with Gasteiger partial charge in [-0.3, -0.25) is 9.69 Å². The summed E-state index contributed by atoms with van der Waals surface area (Å²) in [5.74, 6) is 0.235. The molecule has 0 aromatic carbocycles. The summed E-state index contributed by atoms with van der Waals surface area (Å²) >= 11 is 0. The Kier molecular flexibility index (Phi) is 2.62. The Morgan fingerprint density at radius 2 is 2.00 bits per heavy atom. The molecule has 0 amide bonds. The number of carbonyl (C=O) groups excluding carboxylic acids is 1. The lowest BCUT2D eigenvalue weighted by Crippen LogP contribution is -2.42. The highest BCUT2D eigenvalue weighted by Crippen LogP contribution is 2.28. The van der Waals surface area contributed by atoms with E-state index in [9.17, 15) is 4.79 Å². The first-order chi connectivity index (χ1) is 5.82. The fourth-order valence-corrected chi connectivity index (χ4v) is 1.41. The molecule has 0 spiro atoms. The fraction of sp³-hybridized carbons (Fsp3) is 0.727. The van der Waals surface area contributed by atoms with Gasteiger partial charge in [-0.2, -0.15) is 0 Å². The molecule has 0 saturated carbocycles. The van der Waals surface area contributed by atoms with E-state index < -0.39 is 0 Å². The second-order valence-electron chi connectivity index (χ2n) is 4.91. The van der Waals surface area contributed by atoms with Crippen molar-refractivity contribution in [1.29, 1.82) is 0 Å². The summed E-state index contributed by atoms with van der Waals surface area (Å²) < 4.78 is 0. The smallest absolute Gasteiger partial charge is 0.172 e. The molecular weight excluding hydrogens is 162 g/mol. The molecule has 13 heavy (non-hydrogen) atoms. The first kappa shape index (κ1) is 10.5. The zero-order chi connectivity index (χ0) is 10.2. The molecule has 0 aromatic rings. The van der Waals surface area contributed by atoms with Crippen molar-refractivity contribution < 1.29 is 4.79 Å². The van der Waals surface area contributed by atoms with Crippen LogP contribution in [0.2, 0.25) is 0 Å². The molecular formula is C11H19NO. The molecule has 0 N–H and O–H groups in total. The molecule has 0 fully saturated rings. The van der Waals surface area contributed by atoms with Crippen LogP contribution in [0.25, 0.3) is 0 Å². The summed E-state index contributed by atoms with van der Waals surface area (Å²) in [4.78, 5) is 13.6. The normalized spacial score (nSPS) is 26.1. The van der Waals surface area contributed by atoms with Crippen LogP contribution in [0.4, 0.5) is 0 Å². The van der Waals surface area contributed by atoms with Crippen molar-refractivity contribution in [2.45, 2.75) is 33.7 Å². The minimum Gasteiger partial charge on any atom is -0.293 e. The van der Waals surface area contributed by atoms with Gasteiger partial charge in [-0.15, -0.1) is 0 Å². The van der Waals surface area contributed by atoms with Gasteiger partial charge in [-0.25, -0.2) is 0 Å². The SMILES string of the molecule is C[C@H]1C(=O)C=C(C(C)(C)C)CN1C. The Balaban J connectivity index is 2.92. The van der Waals surface area contributed by atoms with E-state index in [1.54, 1.807) is 0 Å². The average Bonchev–Trinajstić information content (AvgIpc) is 1.97. The third-order valence-corrected chi connectivity index (χ3v) is 2.77. The van der Waals surface area contributed by atoms with Crippen LogP contribution in [0.3, 0.4) is 0 Å². The van der Waals surface area contributed by atoms with E-state index in [2.05, 4.69) is 25.7 Å². The van der Waals surface area contributed by atoms with Crippen molar-refractivity contribution >= 4 is 5.78 Å². The lowest BCUT2D eigenvalue weighted by molar-refractivity contribution is -0.119. The molecule has 1 rings (SSSR count). The van der Waals surface area contributed by atoms with E-state index in [0.29, 0.717) is 0 Å². The highest BCUT2D eigenvalue weighted by Gasteiger charge is 2.28. The maximum Gasteiger partial charge on any atom is 0.172 e. The summed E-state index contributed by atoms with van der Waals surface area (Å²) in [6.07, 6.45) is 1.82. The summed E-state index contributed by atoms with van der Waals surface area (Å²) in [5, 5.41) is 0. The molecule has 0 saturated heterocycles. The Morgan fingerprint density at radius 3 is 2.38 bits per heavy atom. The summed E-state index contributed by atoms with van der Waals surface area (Å²) in [5.41, 5.74) is 1.35. The third-order valence-electron chi connectivity index (χ3n) is 2.77. The third kappa shape index (κ3) is 2.19. The van der Waals surface area contributed by atoms with Crippen LogP contribution < -0.4 is 0 Å². The van der Waals surface area contributed by atoms with Crippen molar-refractivity contribution in [2.75, 3.05) is 13.6 Å². The van der Waals surface area contributed by atoms with Gasteiger partial charge in [0.15, 0.2) is 5.78 Å². The van der Waals surface area contributed by atoms with Crippen LogP contribution in [-0.2, 0) is 4.79 Å². The van der Waals surface area contributed by atoms with Crippen molar-refractivity contribution in [3.05, 3.63) is 11.6 Å². The second kappa shape index (κ2) is 3.26. The first-order valence-electron chi connectivity index (χ1n) is 4.77. The van der Waals surface area contributed by atoms with E-state index in [4.69, 9.17) is 0 Å². The van der Waals surface area contributed by atoms with Crippen LogP contribution in [0, 0.1) is 5.41 Å². The molecule has 0 aromatic heterocycles. The number of rotatable bonds is 0. The number of carbonyl (C=O) groups is 1.